The molecule has 15 heavy (non-hydrogen) atoms. The molecule has 2 N–H and O–H groups in total. The van der Waals surface area contributed by atoms with Crippen molar-refractivity contribution in [1.82, 2.24) is 4.31 Å². The van der Waals surface area contributed by atoms with Crippen LogP contribution >= 0.6 is 0 Å². The van der Waals surface area contributed by atoms with Crippen LogP contribution in [-0.2, 0) is 14.8 Å². The molecule has 1 heterocycles. The Labute approximate surface area is 90.2 Å². The molecule has 0 bridgehead atoms. The van der Waals surface area contributed by atoms with E-state index in [2.05, 4.69) is 0 Å². The van der Waals surface area contributed by atoms with Crippen molar-refractivity contribution in [1.29, 1.82) is 0 Å². The minimum Gasteiger partial charge on any atom is -0.383 e. The Balaban J connectivity index is 2.65. The van der Waals surface area contributed by atoms with Gasteiger partial charge in [-0.2, -0.15) is 0 Å². The molecule has 0 fully saturated rings. The molecule has 1 aliphatic rings. The summed E-state index contributed by atoms with van der Waals surface area (Å²) in [6, 6.07) is -0.201. The van der Waals surface area contributed by atoms with Crippen LogP contribution in [0.3, 0.4) is 0 Å². The van der Waals surface area contributed by atoms with Crippen molar-refractivity contribution >= 4 is 10.0 Å². The van der Waals surface area contributed by atoms with Crippen LogP contribution < -0.4 is 5.73 Å². The average Bonchev–Trinajstić information content (AvgIpc) is 2.17. The highest BCUT2D eigenvalue weighted by molar-refractivity contribution is 7.88. The highest BCUT2D eigenvalue weighted by atomic mass is 32.2. The Hall–Kier alpha value is -0.850. The average molecular weight is 232 g/mol. The minimum atomic E-state index is -3.16. The van der Waals surface area contributed by atoms with Crippen molar-refractivity contribution in [2.75, 3.05) is 26.5 Å². The summed E-state index contributed by atoms with van der Waals surface area (Å²) in [5, 5.41) is 0. The second-order valence-electron chi connectivity index (χ2n) is 3.41. The number of ether oxygens (including phenoxy) is 1. The first-order valence-corrected chi connectivity index (χ1v) is 6.39. The molecule has 6 heteroatoms. The monoisotopic (exact) mass is 232 g/mol. The van der Waals surface area contributed by atoms with Gasteiger partial charge in [-0.3, -0.25) is 4.31 Å². The van der Waals surface area contributed by atoms with Gasteiger partial charge in [0.15, 0.2) is 0 Å². The predicted molar refractivity (Wildman–Crippen MR) is 58.6 cm³/mol. The number of nitrogens with zero attached hydrogens (tertiary/aromatic N) is 1. The van der Waals surface area contributed by atoms with Crippen LogP contribution in [0.4, 0.5) is 0 Å². The number of nitrogens with two attached hydrogens (primary N) is 1. The molecule has 1 rings (SSSR count). The molecule has 0 aromatic heterocycles. The summed E-state index contributed by atoms with van der Waals surface area (Å²) in [6.07, 6.45) is 6.20. The predicted octanol–water partition coefficient (Wildman–Crippen LogP) is -0.325. The molecule has 1 atom stereocenters. The van der Waals surface area contributed by atoms with E-state index in [4.69, 9.17) is 10.5 Å². The van der Waals surface area contributed by atoms with Crippen molar-refractivity contribution in [3.63, 3.8) is 0 Å². The summed E-state index contributed by atoms with van der Waals surface area (Å²) >= 11 is 0. The lowest BCUT2D eigenvalue weighted by atomic mass is 10.1. The third kappa shape index (κ3) is 3.33. The largest absolute Gasteiger partial charge is 0.383 e. The van der Waals surface area contributed by atoms with Crippen LogP contribution in [0, 0.1) is 0 Å². The smallest absolute Gasteiger partial charge is 0.232 e. The fourth-order valence-electron chi connectivity index (χ4n) is 1.29. The lowest BCUT2D eigenvalue weighted by Gasteiger charge is -2.22. The zero-order valence-electron chi connectivity index (χ0n) is 8.88. The van der Waals surface area contributed by atoms with Gasteiger partial charge in [-0.05, 0) is 11.6 Å². The Morgan fingerprint density at radius 1 is 1.67 bits per heavy atom. The molecule has 0 amide bonds. The maximum atomic E-state index is 11.2. The molecule has 0 saturated carbocycles. The second kappa shape index (κ2) is 4.78. The Morgan fingerprint density at radius 2 is 2.33 bits per heavy atom. The highest BCUT2D eigenvalue weighted by Gasteiger charge is 2.16. The highest BCUT2D eigenvalue weighted by Crippen LogP contribution is 2.12. The molecule has 86 valence electrons. The van der Waals surface area contributed by atoms with E-state index in [-0.39, 0.29) is 6.04 Å². The van der Waals surface area contributed by atoms with Crippen LogP contribution in [0.1, 0.15) is 0 Å². The summed E-state index contributed by atoms with van der Waals surface area (Å²) in [5.41, 5.74) is 6.70. The van der Waals surface area contributed by atoms with Gasteiger partial charge in [-0.1, -0.05) is 6.08 Å². The fourth-order valence-corrected chi connectivity index (χ4v) is 1.92. The van der Waals surface area contributed by atoms with E-state index in [0.29, 0.717) is 13.2 Å². The van der Waals surface area contributed by atoms with Gasteiger partial charge in [0.1, 0.15) is 0 Å². The van der Waals surface area contributed by atoms with Crippen molar-refractivity contribution in [2.45, 2.75) is 6.04 Å². The molecule has 0 aromatic carbocycles. The molecule has 0 aliphatic carbocycles. The Kier molecular flexibility index (Phi) is 3.90. The molecule has 0 unspecified atom stereocenters. The first kappa shape index (κ1) is 12.2. The minimum absolute atomic E-state index is 0.201. The van der Waals surface area contributed by atoms with Gasteiger partial charge in [-0.15, -0.1) is 0 Å². The lowest BCUT2D eigenvalue weighted by molar-refractivity contribution is 0.190. The third-order valence-electron chi connectivity index (χ3n) is 2.14. The molecule has 0 spiro atoms. The maximum Gasteiger partial charge on any atom is 0.232 e. The summed E-state index contributed by atoms with van der Waals surface area (Å²) in [4.78, 5) is 0. The van der Waals surface area contributed by atoms with Crippen molar-refractivity contribution in [2.24, 2.45) is 5.73 Å². The summed E-state index contributed by atoms with van der Waals surface area (Å²) in [7, 11) is -1.58. The number of methoxy groups -OCH3 is 1. The maximum absolute atomic E-state index is 11.2. The quantitative estimate of drug-likeness (QED) is 0.720. The van der Waals surface area contributed by atoms with Gasteiger partial charge >= 0.3 is 0 Å². The van der Waals surface area contributed by atoms with E-state index in [1.54, 1.807) is 19.3 Å². The van der Waals surface area contributed by atoms with E-state index in [9.17, 15) is 8.42 Å². The zero-order chi connectivity index (χ0) is 11.5. The first-order chi connectivity index (χ1) is 6.95. The standard InChI is InChI=1S/C9H16N2O3S/c1-14-7-9(10)8-3-5-11(6-4-8)15(2,12)13/h3-5,9H,6-7,10H2,1-2H3/t9-/m0/s1. The van der Waals surface area contributed by atoms with Crippen LogP contribution in [0.5, 0.6) is 0 Å². The zero-order valence-corrected chi connectivity index (χ0v) is 9.70. The van der Waals surface area contributed by atoms with Gasteiger partial charge < -0.3 is 10.5 Å². The number of rotatable bonds is 4. The van der Waals surface area contributed by atoms with E-state index in [1.807, 2.05) is 0 Å². The van der Waals surface area contributed by atoms with E-state index in [0.717, 1.165) is 5.57 Å². The van der Waals surface area contributed by atoms with E-state index >= 15 is 0 Å². The summed E-state index contributed by atoms with van der Waals surface area (Å²) < 4.78 is 28.5. The second-order valence-corrected chi connectivity index (χ2v) is 5.35. The molecule has 0 radical (unpaired) electrons. The van der Waals surface area contributed by atoms with Gasteiger partial charge in [0.05, 0.1) is 25.4 Å². The molecule has 0 aromatic rings. The summed E-state index contributed by atoms with van der Waals surface area (Å²) in [5.74, 6) is 0. The van der Waals surface area contributed by atoms with Gasteiger partial charge in [-0.25, -0.2) is 8.42 Å². The Morgan fingerprint density at radius 3 is 2.73 bits per heavy atom. The fraction of sp³-hybridized carbons (Fsp3) is 0.556. The van der Waals surface area contributed by atoms with Crippen molar-refractivity contribution in [3.8, 4) is 0 Å². The van der Waals surface area contributed by atoms with Crippen LogP contribution in [0.15, 0.2) is 23.9 Å². The van der Waals surface area contributed by atoms with E-state index < -0.39 is 10.0 Å². The SMILES string of the molecule is COC[C@H](N)C1=CCN(S(C)(=O)=O)C=C1. The summed E-state index contributed by atoms with van der Waals surface area (Å²) in [6.45, 7) is 0.761. The topological polar surface area (TPSA) is 72.6 Å². The van der Waals surface area contributed by atoms with Crippen LogP contribution in [-0.4, -0.2) is 45.3 Å². The van der Waals surface area contributed by atoms with Gasteiger partial charge in [0.25, 0.3) is 0 Å². The van der Waals surface area contributed by atoms with Crippen molar-refractivity contribution < 1.29 is 13.2 Å². The van der Waals surface area contributed by atoms with Gasteiger partial charge in [0.2, 0.25) is 10.0 Å². The number of hydrogen-bond donors (Lipinski definition) is 1. The molecular formula is C9H16N2O3S. The molecular weight excluding hydrogens is 216 g/mol. The first-order valence-electron chi connectivity index (χ1n) is 4.54. The van der Waals surface area contributed by atoms with E-state index in [1.165, 1.54) is 16.8 Å². The van der Waals surface area contributed by atoms with Crippen LogP contribution in [0.2, 0.25) is 0 Å². The molecule has 0 saturated heterocycles. The molecule has 5 nitrogen and oxygen atoms in total. The number of sulfonamides is 1. The Bertz CT molecular complexity index is 373. The lowest BCUT2D eigenvalue weighted by Crippen LogP contribution is -2.32. The van der Waals surface area contributed by atoms with Gasteiger partial charge in [0, 0.05) is 13.3 Å². The third-order valence-corrected chi connectivity index (χ3v) is 3.26. The normalized spacial score (nSPS) is 18.9. The number of hydrogen-bond acceptors (Lipinski definition) is 4. The van der Waals surface area contributed by atoms with Crippen molar-refractivity contribution in [3.05, 3.63) is 23.9 Å². The van der Waals surface area contributed by atoms with Crippen LogP contribution in [0.25, 0.3) is 0 Å². The molecule has 1 aliphatic heterocycles.